The number of carbonyl (C=O) groups is 1. The maximum Gasteiger partial charge on any atom is 0.265 e. The highest BCUT2D eigenvalue weighted by molar-refractivity contribution is 5.94. The van der Waals surface area contributed by atoms with Gasteiger partial charge < -0.3 is 20.7 Å². The van der Waals surface area contributed by atoms with Crippen LogP contribution in [0.3, 0.4) is 0 Å². The number of alkyl halides is 2. The van der Waals surface area contributed by atoms with Crippen LogP contribution in [0.4, 0.5) is 20.5 Å². The molecule has 3 fully saturated rings. The molecule has 0 bridgehead atoms. The van der Waals surface area contributed by atoms with E-state index in [4.69, 9.17) is 10.5 Å². The van der Waals surface area contributed by atoms with Gasteiger partial charge in [0.1, 0.15) is 17.5 Å². The number of carbonyl (C=O) groups excluding carboxylic acids is 1. The van der Waals surface area contributed by atoms with E-state index in [9.17, 15) is 13.6 Å². The number of hydrogen-bond donors (Lipinski definition) is 2. The Kier molecular flexibility index (Phi) is 5.10. The number of anilines is 2. The van der Waals surface area contributed by atoms with Crippen molar-refractivity contribution in [2.45, 2.75) is 56.6 Å². The molecule has 1 saturated heterocycles. The zero-order chi connectivity index (χ0) is 22.3. The average molecular weight is 444 g/mol. The summed E-state index contributed by atoms with van der Waals surface area (Å²) in [5.41, 5.74) is 5.92. The Hall–Kier alpha value is -3.04. The van der Waals surface area contributed by atoms with Gasteiger partial charge in [0, 0.05) is 31.4 Å². The van der Waals surface area contributed by atoms with Crippen molar-refractivity contribution in [3.05, 3.63) is 36.2 Å². The lowest BCUT2D eigenvalue weighted by Crippen LogP contribution is -2.56. The Balaban J connectivity index is 1.12. The largest absolute Gasteiger partial charge is 0.474 e. The molecule has 170 valence electrons. The van der Waals surface area contributed by atoms with Crippen molar-refractivity contribution in [3.63, 3.8) is 0 Å². The summed E-state index contributed by atoms with van der Waals surface area (Å²) in [6.45, 7) is 0.207. The van der Waals surface area contributed by atoms with Crippen LogP contribution in [0.15, 0.2) is 30.6 Å². The number of piperidine rings is 1. The van der Waals surface area contributed by atoms with Gasteiger partial charge in [0.25, 0.3) is 11.8 Å². The van der Waals surface area contributed by atoms with Gasteiger partial charge in [-0.1, -0.05) is 0 Å². The van der Waals surface area contributed by atoms with Gasteiger partial charge in [-0.25, -0.2) is 18.7 Å². The molecule has 0 unspecified atom stereocenters. The van der Waals surface area contributed by atoms with E-state index in [0.717, 1.165) is 25.7 Å². The van der Waals surface area contributed by atoms with Crippen LogP contribution >= 0.6 is 0 Å². The van der Waals surface area contributed by atoms with E-state index >= 15 is 0 Å². The first-order valence-electron chi connectivity index (χ1n) is 10.9. The van der Waals surface area contributed by atoms with E-state index in [2.05, 4.69) is 20.3 Å². The molecular formula is C22H26F2N6O2. The number of pyridine rings is 1. The zero-order valence-electron chi connectivity index (χ0n) is 17.6. The second-order valence-corrected chi connectivity index (χ2v) is 9.24. The predicted octanol–water partition coefficient (Wildman–Crippen LogP) is 3.01. The minimum absolute atomic E-state index is 0.0235. The lowest BCUT2D eigenvalue weighted by Gasteiger charge is -2.57. The van der Waals surface area contributed by atoms with Crippen molar-refractivity contribution in [2.75, 3.05) is 23.3 Å². The van der Waals surface area contributed by atoms with Crippen LogP contribution in [0.1, 0.15) is 48.9 Å². The first kappa shape index (κ1) is 20.8. The number of halogens is 2. The molecule has 2 saturated carbocycles. The molecule has 10 heteroatoms. The van der Waals surface area contributed by atoms with Gasteiger partial charge in [-0.15, -0.1) is 0 Å². The molecule has 5 rings (SSSR count). The molecule has 0 aromatic carbocycles. The zero-order valence-corrected chi connectivity index (χ0v) is 17.6. The second-order valence-electron chi connectivity index (χ2n) is 9.24. The summed E-state index contributed by atoms with van der Waals surface area (Å²) in [6.07, 6.45) is 7.34. The summed E-state index contributed by atoms with van der Waals surface area (Å²) in [6, 6.07) is 5.32. The minimum atomic E-state index is -2.69. The molecule has 2 aliphatic carbocycles. The van der Waals surface area contributed by atoms with Gasteiger partial charge in [0.2, 0.25) is 11.8 Å². The molecule has 32 heavy (non-hydrogen) atoms. The van der Waals surface area contributed by atoms with Crippen molar-refractivity contribution in [2.24, 2.45) is 11.1 Å². The highest BCUT2D eigenvalue weighted by atomic mass is 19.3. The van der Waals surface area contributed by atoms with E-state index in [1.807, 2.05) is 0 Å². The van der Waals surface area contributed by atoms with Gasteiger partial charge in [0.05, 0.1) is 6.54 Å². The number of nitrogens with two attached hydrogens (primary N) is 1. The third-order valence-corrected chi connectivity index (χ3v) is 6.67. The number of amides is 1. The standard InChI is InChI=1S/C22H26F2N6O2/c23-22(24)5-2-8-30(13-22)20-27-7-4-17(29-20)28-14-9-21(10-14)11-15(12-21)32-19-16(18(25)31)3-1-6-26-19/h1,3-4,6-7,14-15H,2,5,8-13H2,(H2,25,31)(H,27,28,29). The van der Waals surface area contributed by atoms with Gasteiger partial charge in [-0.2, -0.15) is 4.98 Å². The second kappa shape index (κ2) is 7.83. The average Bonchev–Trinajstić information content (AvgIpc) is 2.70. The van der Waals surface area contributed by atoms with Gasteiger partial charge >= 0.3 is 0 Å². The van der Waals surface area contributed by atoms with Crippen molar-refractivity contribution in [1.82, 2.24) is 15.0 Å². The van der Waals surface area contributed by atoms with E-state index < -0.39 is 11.8 Å². The van der Waals surface area contributed by atoms with Crippen LogP contribution in [0, 0.1) is 5.41 Å². The fourth-order valence-electron chi connectivity index (χ4n) is 5.17. The number of nitrogens with one attached hydrogen (secondary N) is 1. The molecule has 0 atom stereocenters. The molecule has 3 aliphatic rings. The molecule has 1 spiro atoms. The van der Waals surface area contributed by atoms with E-state index in [1.54, 1.807) is 35.5 Å². The molecule has 1 amide bonds. The maximum atomic E-state index is 13.7. The molecule has 0 radical (unpaired) electrons. The fourth-order valence-corrected chi connectivity index (χ4v) is 5.17. The Morgan fingerprint density at radius 3 is 2.75 bits per heavy atom. The van der Waals surface area contributed by atoms with E-state index in [0.29, 0.717) is 36.2 Å². The summed E-state index contributed by atoms with van der Waals surface area (Å²) in [4.78, 5) is 25.9. The Bertz CT molecular complexity index is 1010. The van der Waals surface area contributed by atoms with Gasteiger partial charge in [-0.05, 0) is 55.7 Å². The van der Waals surface area contributed by atoms with Crippen molar-refractivity contribution >= 4 is 17.7 Å². The van der Waals surface area contributed by atoms with Gasteiger partial charge in [-0.3, -0.25) is 4.79 Å². The fraction of sp³-hybridized carbons (Fsp3) is 0.545. The predicted molar refractivity (Wildman–Crippen MR) is 114 cm³/mol. The number of aromatic nitrogens is 3. The van der Waals surface area contributed by atoms with Crippen molar-refractivity contribution in [1.29, 1.82) is 0 Å². The molecule has 1 aliphatic heterocycles. The normalized spacial score (nSPS) is 28.5. The highest BCUT2D eigenvalue weighted by Gasteiger charge is 2.54. The lowest BCUT2D eigenvalue weighted by molar-refractivity contribution is -0.0760. The van der Waals surface area contributed by atoms with Crippen LogP contribution in [-0.4, -0.2) is 52.0 Å². The summed E-state index contributed by atoms with van der Waals surface area (Å²) < 4.78 is 33.4. The SMILES string of the molecule is NC(=O)c1cccnc1OC1CC2(CC(Nc3ccnc(N4CCCC(F)(F)C4)n3)C2)C1. The number of primary amides is 1. The Labute approximate surface area is 184 Å². The molecular weight excluding hydrogens is 418 g/mol. The lowest BCUT2D eigenvalue weighted by atomic mass is 9.53. The third kappa shape index (κ3) is 4.18. The monoisotopic (exact) mass is 444 g/mol. The highest BCUT2D eigenvalue weighted by Crippen LogP contribution is 2.57. The Morgan fingerprint density at radius 2 is 2.00 bits per heavy atom. The van der Waals surface area contributed by atoms with Crippen LogP contribution in [-0.2, 0) is 0 Å². The molecule has 2 aromatic rings. The van der Waals surface area contributed by atoms with Gasteiger partial charge in [0.15, 0.2) is 0 Å². The maximum absolute atomic E-state index is 13.7. The molecule has 3 N–H and O–H groups in total. The Morgan fingerprint density at radius 1 is 1.19 bits per heavy atom. The van der Waals surface area contributed by atoms with E-state index in [-0.39, 0.29) is 30.5 Å². The quantitative estimate of drug-likeness (QED) is 0.705. The summed E-state index contributed by atoms with van der Waals surface area (Å²) >= 11 is 0. The first-order valence-corrected chi connectivity index (χ1v) is 10.9. The number of hydrogen-bond acceptors (Lipinski definition) is 7. The smallest absolute Gasteiger partial charge is 0.265 e. The number of ether oxygens (including phenoxy) is 1. The topological polar surface area (TPSA) is 106 Å². The van der Waals surface area contributed by atoms with Crippen LogP contribution in [0.5, 0.6) is 5.88 Å². The van der Waals surface area contributed by atoms with Crippen LogP contribution < -0.4 is 20.7 Å². The third-order valence-electron chi connectivity index (χ3n) is 6.67. The van der Waals surface area contributed by atoms with Crippen molar-refractivity contribution < 1.29 is 18.3 Å². The first-order chi connectivity index (χ1) is 15.3. The summed E-state index contributed by atoms with van der Waals surface area (Å²) in [7, 11) is 0. The van der Waals surface area contributed by atoms with Crippen LogP contribution in [0.25, 0.3) is 0 Å². The molecule has 2 aromatic heterocycles. The van der Waals surface area contributed by atoms with E-state index in [1.165, 1.54) is 0 Å². The molecule has 8 nitrogen and oxygen atoms in total. The number of rotatable bonds is 6. The minimum Gasteiger partial charge on any atom is -0.474 e. The molecule has 3 heterocycles. The summed E-state index contributed by atoms with van der Waals surface area (Å²) in [5, 5.41) is 3.41. The van der Waals surface area contributed by atoms with Crippen molar-refractivity contribution in [3.8, 4) is 5.88 Å². The number of nitrogens with zero attached hydrogens (tertiary/aromatic N) is 4. The van der Waals surface area contributed by atoms with Crippen LogP contribution in [0.2, 0.25) is 0 Å². The summed E-state index contributed by atoms with van der Waals surface area (Å²) in [5.74, 6) is -1.93.